The summed E-state index contributed by atoms with van der Waals surface area (Å²) in [7, 11) is 1.24. The molecule has 0 aliphatic carbocycles. The van der Waals surface area contributed by atoms with E-state index in [1.54, 1.807) is 56.3 Å². The predicted molar refractivity (Wildman–Crippen MR) is 142 cm³/mol. The Hall–Kier alpha value is -4.51. The fraction of sp³-hybridized carbons (Fsp3) is 0.222. The van der Waals surface area contributed by atoms with Crippen LogP contribution in [0.3, 0.4) is 0 Å². The van der Waals surface area contributed by atoms with Gasteiger partial charge in [0.1, 0.15) is 11.5 Å². The summed E-state index contributed by atoms with van der Waals surface area (Å²) in [4.78, 5) is 49.0. The normalized spacial score (nSPS) is 12.3. The average Bonchev–Trinajstić information content (AvgIpc) is 2.91. The first-order valence-corrected chi connectivity index (χ1v) is 12.2. The number of halogens is 2. The van der Waals surface area contributed by atoms with Gasteiger partial charge in [-0.2, -0.15) is 4.39 Å². The van der Waals surface area contributed by atoms with Crippen LogP contribution in [0.4, 0.5) is 10.1 Å². The first-order valence-electron chi connectivity index (χ1n) is 11.9. The molecule has 1 N–H and O–H groups in total. The number of carbonyl (C=O) groups excluding carboxylic acids is 1. The summed E-state index contributed by atoms with van der Waals surface area (Å²) < 4.78 is 26.1. The number of hydrogen-bond acceptors (Lipinski definition) is 7. The molecule has 12 heteroatoms. The fourth-order valence-electron chi connectivity index (χ4n) is 3.78. The molecular formula is C27H25ClFN5O5. The van der Waals surface area contributed by atoms with E-state index in [2.05, 4.69) is 15.0 Å². The Morgan fingerprint density at radius 1 is 1.13 bits per heavy atom. The van der Waals surface area contributed by atoms with E-state index >= 15 is 0 Å². The molecule has 0 amide bonds. The van der Waals surface area contributed by atoms with E-state index in [0.29, 0.717) is 22.0 Å². The zero-order valence-electron chi connectivity index (χ0n) is 21.4. The number of aromatic amines is 1. The molecule has 0 radical (unpaired) electrons. The van der Waals surface area contributed by atoms with E-state index < -0.39 is 29.2 Å². The summed E-state index contributed by atoms with van der Waals surface area (Å²) in [5.74, 6) is -1.20. The van der Waals surface area contributed by atoms with Gasteiger partial charge in [-0.05, 0) is 54.4 Å². The van der Waals surface area contributed by atoms with Gasteiger partial charge in [0.15, 0.2) is 0 Å². The molecule has 4 aromatic rings. The lowest BCUT2D eigenvalue weighted by atomic mass is 10.2. The third-order valence-electron chi connectivity index (χ3n) is 5.81. The van der Waals surface area contributed by atoms with Crippen molar-refractivity contribution >= 4 is 23.3 Å². The van der Waals surface area contributed by atoms with Crippen LogP contribution in [-0.2, 0) is 22.6 Å². The Morgan fingerprint density at radius 3 is 2.54 bits per heavy atom. The maximum Gasteiger partial charge on any atom is 0.335 e. The third-order valence-corrected chi connectivity index (χ3v) is 6.07. The minimum absolute atomic E-state index is 0.00574. The van der Waals surface area contributed by atoms with Crippen molar-refractivity contribution in [3.8, 4) is 11.5 Å². The quantitative estimate of drug-likeness (QED) is 0.262. The topological polar surface area (TPSA) is 121 Å². The molecule has 0 aliphatic heterocycles. The number of pyridine rings is 1. The van der Waals surface area contributed by atoms with Crippen molar-refractivity contribution in [2.45, 2.75) is 26.9 Å². The number of H-pyrrole nitrogens is 1. The van der Waals surface area contributed by atoms with Crippen LogP contribution in [0.5, 0.6) is 11.5 Å². The molecule has 2 heterocycles. The third kappa shape index (κ3) is 6.68. The largest absolute Gasteiger partial charge is 0.469 e. The van der Waals surface area contributed by atoms with Crippen LogP contribution in [0.25, 0.3) is 0 Å². The van der Waals surface area contributed by atoms with Crippen LogP contribution in [0.15, 0.2) is 75.4 Å². The van der Waals surface area contributed by atoms with Crippen molar-refractivity contribution in [1.29, 1.82) is 0 Å². The molecule has 0 saturated heterocycles. The zero-order chi connectivity index (χ0) is 28.1. The Morgan fingerprint density at radius 2 is 1.87 bits per heavy atom. The van der Waals surface area contributed by atoms with Gasteiger partial charge in [0.25, 0.3) is 0 Å². The molecule has 0 unspecified atom stereocenters. The first-order chi connectivity index (χ1) is 18.6. The van der Waals surface area contributed by atoms with Crippen LogP contribution in [-0.4, -0.2) is 32.2 Å². The van der Waals surface area contributed by atoms with E-state index in [1.807, 2.05) is 0 Å². The fourth-order valence-corrected chi connectivity index (χ4v) is 3.91. The van der Waals surface area contributed by atoms with Crippen molar-refractivity contribution in [3.05, 3.63) is 109 Å². The maximum atomic E-state index is 13.5. The lowest BCUT2D eigenvalue weighted by Crippen LogP contribution is -2.51. The van der Waals surface area contributed by atoms with Crippen LogP contribution in [0.2, 0.25) is 5.02 Å². The molecule has 1 atom stereocenters. The number of nitrogens with one attached hydrogen (secondary N) is 1. The number of carbonyl (C=O) groups is 1. The lowest BCUT2D eigenvalue weighted by molar-refractivity contribution is -0.145. The van der Waals surface area contributed by atoms with Crippen molar-refractivity contribution in [2.24, 2.45) is 10.9 Å². The first kappa shape index (κ1) is 27.5. The molecular weight excluding hydrogens is 529 g/mol. The summed E-state index contributed by atoms with van der Waals surface area (Å²) in [6, 6.07) is 14.6. The second-order valence-electron chi connectivity index (χ2n) is 8.76. The second kappa shape index (κ2) is 11.9. The molecule has 4 rings (SSSR count). The molecule has 39 heavy (non-hydrogen) atoms. The smallest absolute Gasteiger partial charge is 0.335 e. The number of methoxy groups -OCH3 is 1. The SMILES string of the molecule is COC(=O)[C@@H](C)Cn1c(=O)[nH]/c(=N\c2ccc(Oc3ccnc(F)c3)c(C)c2)n(Cc2ccc(Cl)cc2)c1=O. The van der Waals surface area contributed by atoms with Gasteiger partial charge >= 0.3 is 17.3 Å². The molecule has 0 aliphatic rings. The minimum atomic E-state index is -0.732. The van der Waals surface area contributed by atoms with Crippen molar-refractivity contribution in [2.75, 3.05) is 7.11 Å². The van der Waals surface area contributed by atoms with Gasteiger partial charge in [0.05, 0.1) is 25.3 Å². The number of ether oxygens (including phenoxy) is 2. The number of benzene rings is 2. The summed E-state index contributed by atoms with van der Waals surface area (Å²) in [6.07, 6.45) is 1.30. The van der Waals surface area contributed by atoms with Gasteiger partial charge in [0, 0.05) is 23.8 Å². The van der Waals surface area contributed by atoms with E-state index in [0.717, 1.165) is 16.2 Å². The van der Waals surface area contributed by atoms with Crippen LogP contribution in [0, 0.1) is 18.8 Å². The number of hydrogen-bond donors (Lipinski definition) is 1. The Balaban J connectivity index is 1.77. The van der Waals surface area contributed by atoms with Crippen molar-refractivity contribution in [1.82, 2.24) is 19.1 Å². The van der Waals surface area contributed by atoms with Crippen LogP contribution in [0.1, 0.15) is 18.1 Å². The van der Waals surface area contributed by atoms with E-state index in [4.69, 9.17) is 21.1 Å². The highest BCUT2D eigenvalue weighted by Crippen LogP contribution is 2.28. The molecule has 0 fully saturated rings. The van der Waals surface area contributed by atoms with Gasteiger partial charge in [-0.25, -0.2) is 24.1 Å². The number of aromatic nitrogens is 4. The zero-order valence-corrected chi connectivity index (χ0v) is 22.1. The number of aryl methyl sites for hydroxylation is 1. The Kier molecular flexibility index (Phi) is 8.40. The summed E-state index contributed by atoms with van der Waals surface area (Å²) in [5.41, 5.74) is 0.479. The standard InChI is InChI=1S/C27H25ClFN5O5/c1-16-12-20(8-9-22(16)39-21-10-11-30-23(29)13-21)31-25-32-26(36)34(14-17(2)24(35)38-3)27(37)33(25)15-18-4-6-19(28)7-5-18/h4-13,17H,14-15H2,1-3H3,(H,31,32,36)/t17-/m0/s1. The molecule has 0 saturated carbocycles. The van der Waals surface area contributed by atoms with Gasteiger partial charge in [-0.1, -0.05) is 30.7 Å². The molecule has 202 valence electrons. The van der Waals surface area contributed by atoms with Gasteiger partial charge in [0.2, 0.25) is 11.6 Å². The Labute approximate surface area is 227 Å². The summed E-state index contributed by atoms with van der Waals surface area (Å²) >= 11 is 6.00. The van der Waals surface area contributed by atoms with Crippen LogP contribution >= 0.6 is 11.6 Å². The van der Waals surface area contributed by atoms with Crippen molar-refractivity contribution < 1.29 is 18.7 Å². The molecule has 2 aromatic carbocycles. The highest BCUT2D eigenvalue weighted by atomic mass is 35.5. The number of rotatable bonds is 8. The van der Waals surface area contributed by atoms with Crippen LogP contribution < -0.4 is 21.7 Å². The molecule has 10 nitrogen and oxygen atoms in total. The maximum absolute atomic E-state index is 13.5. The van der Waals surface area contributed by atoms with E-state index in [1.165, 1.54) is 23.9 Å². The van der Waals surface area contributed by atoms with Crippen molar-refractivity contribution in [3.63, 3.8) is 0 Å². The van der Waals surface area contributed by atoms with E-state index in [9.17, 15) is 18.8 Å². The van der Waals surface area contributed by atoms with Gasteiger partial charge in [-0.15, -0.1) is 0 Å². The number of esters is 1. The Bertz CT molecular complexity index is 1690. The van der Waals surface area contributed by atoms with E-state index in [-0.39, 0.29) is 24.5 Å². The second-order valence-corrected chi connectivity index (χ2v) is 9.20. The summed E-state index contributed by atoms with van der Waals surface area (Å²) in [6.45, 7) is 3.24. The van der Waals surface area contributed by atoms with Gasteiger partial charge in [-0.3, -0.25) is 14.3 Å². The highest BCUT2D eigenvalue weighted by molar-refractivity contribution is 6.30. The number of nitrogens with zero attached hydrogens (tertiary/aromatic N) is 4. The minimum Gasteiger partial charge on any atom is -0.469 e. The predicted octanol–water partition coefficient (Wildman–Crippen LogP) is 3.72. The monoisotopic (exact) mass is 553 g/mol. The average molecular weight is 554 g/mol. The van der Waals surface area contributed by atoms with Gasteiger partial charge < -0.3 is 9.47 Å². The summed E-state index contributed by atoms with van der Waals surface area (Å²) in [5, 5.41) is 0.534. The lowest BCUT2D eigenvalue weighted by Gasteiger charge is -2.14. The molecule has 2 aromatic heterocycles. The molecule has 0 spiro atoms. The highest BCUT2D eigenvalue weighted by Gasteiger charge is 2.18. The molecule has 0 bridgehead atoms.